The van der Waals surface area contributed by atoms with Crippen LogP contribution in [-0.2, 0) is 24.1 Å². The van der Waals surface area contributed by atoms with Gasteiger partial charge in [0.1, 0.15) is 0 Å². The third-order valence-corrected chi connectivity index (χ3v) is 5.70. The zero-order valence-corrected chi connectivity index (χ0v) is 15.2. The number of aromatic nitrogens is 1. The minimum absolute atomic E-state index is 0.150. The fourth-order valence-electron chi connectivity index (χ4n) is 4.34. The zero-order valence-electron chi connectivity index (χ0n) is 15.2. The Labute approximate surface area is 155 Å². The molecule has 1 fully saturated rings. The lowest BCUT2D eigenvalue weighted by atomic mass is 10.0. The molecule has 1 amide bonds. The lowest BCUT2D eigenvalue weighted by Crippen LogP contribution is -2.51. The summed E-state index contributed by atoms with van der Waals surface area (Å²) in [5.41, 5.74) is 3.98. The number of aryl methyl sites for hydroxylation is 1. The van der Waals surface area contributed by atoms with Crippen LogP contribution in [0.1, 0.15) is 36.1 Å². The third kappa shape index (κ3) is 4.13. The lowest BCUT2D eigenvalue weighted by molar-refractivity contribution is -0.122. The number of carbonyl (C=O) groups is 1. The second-order valence-electron chi connectivity index (χ2n) is 7.55. The van der Waals surface area contributed by atoms with Gasteiger partial charge in [0, 0.05) is 36.9 Å². The van der Waals surface area contributed by atoms with E-state index in [-0.39, 0.29) is 11.9 Å². The molecule has 0 unspecified atom stereocenters. The minimum Gasteiger partial charge on any atom is -0.352 e. The van der Waals surface area contributed by atoms with Crippen molar-refractivity contribution in [2.24, 2.45) is 0 Å². The molecular formula is C22H27N3O. The van der Waals surface area contributed by atoms with Crippen LogP contribution in [0.5, 0.6) is 0 Å². The number of fused-ring (bicyclic) bond motifs is 1. The van der Waals surface area contributed by atoms with Crippen molar-refractivity contribution in [3.8, 4) is 0 Å². The van der Waals surface area contributed by atoms with Gasteiger partial charge >= 0.3 is 0 Å². The first-order valence-electron chi connectivity index (χ1n) is 9.78. The molecule has 1 N–H and O–H groups in total. The molecule has 1 aromatic heterocycles. The first kappa shape index (κ1) is 17.2. The molecule has 1 aliphatic heterocycles. The van der Waals surface area contributed by atoms with Crippen LogP contribution in [0, 0.1) is 0 Å². The summed E-state index contributed by atoms with van der Waals surface area (Å²) in [6.07, 6.45) is 7.56. The van der Waals surface area contributed by atoms with E-state index in [1.165, 1.54) is 11.1 Å². The van der Waals surface area contributed by atoms with Gasteiger partial charge in [-0.1, -0.05) is 30.3 Å². The molecule has 1 atom stereocenters. The first-order chi connectivity index (χ1) is 12.8. The van der Waals surface area contributed by atoms with Crippen LogP contribution in [0.2, 0.25) is 0 Å². The molecule has 136 valence electrons. The van der Waals surface area contributed by atoms with E-state index >= 15 is 0 Å². The van der Waals surface area contributed by atoms with E-state index in [4.69, 9.17) is 0 Å². The highest BCUT2D eigenvalue weighted by Crippen LogP contribution is 2.27. The summed E-state index contributed by atoms with van der Waals surface area (Å²) in [6, 6.07) is 15.5. The van der Waals surface area contributed by atoms with Gasteiger partial charge in [0.2, 0.25) is 5.91 Å². The molecular weight excluding hydrogens is 322 g/mol. The fourth-order valence-corrected chi connectivity index (χ4v) is 4.34. The van der Waals surface area contributed by atoms with E-state index in [9.17, 15) is 4.79 Å². The van der Waals surface area contributed by atoms with E-state index in [0.717, 1.165) is 44.5 Å². The van der Waals surface area contributed by atoms with Crippen molar-refractivity contribution in [3.05, 3.63) is 65.5 Å². The van der Waals surface area contributed by atoms with Gasteiger partial charge in [0.25, 0.3) is 0 Å². The molecule has 1 aromatic carbocycles. The summed E-state index contributed by atoms with van der Waals surface area (Å²) in [6.45, 7) is 2.13. The number of hydrogen-bond donors (Lipinski definition) is 1. The maximum atomic E-state index is 12.3. The molecule has 4 rings (SSSR count). The molecule has 1 aliphatic carbocycles. The Morgan fingerprint density at radius 2 is 1.88 bits per heavy atom. The number of rotatable bonds is 5. The van der Waals surface area contributed by atoms with Gasteiger partial charge < -0.3 is 5.32 Å². The summed E-state index contributed by atoms with van der Waals surface area (Å²) < 4.78 is 0. The van der Waals surface area contributed by atoms with E-state index < -0.39 is 0 Å². The molecule has 26 heavy (non-hydrogen) atoms. The normalized spacial score (nSPS) is 20.7. The largest absolute Gasteiger partial charge is 0.352 e. The van der Waals surface area contributed by atoms with Crippen LogP contribution in [0.15, 0.2) is 48.7 Å². The van der Waals surface area contributed by atoms with Crippen molar-refractivity contribution in [2.45, 2.75) is 50.6 Å². The van der Waals surface area contributed by atoms with Crippen LogP contribution >= 0.6 is 0 Å². The molecule has 0 saturated carbocycles. The number of nitrogens with zero attached hydrogens (tertiary/aromatic N) is 2. The van der Waals surface area contributed by atoms with Crippen LogP contribution in [0.4, 0.5) is 0 Å². The van der Waals surface area contributed by atoms with Crippen molar-refractivity contribution in [1.29, 1.82) is 0 Å². The second kappa shape index (κ2) is 8.00. The van der Waals surface area contributed by atoms with Gasteiger partial charge in [0.05, 0.1) is 0 Å². The molecule has 1 saturated heterocycles. The highest BCUT2D eigenvalue weighted by atomic mass is 16.1. The number of hydrogen-bond acceptors (Lipinski definition) is 3. The Morgan fingerprint density at radius 3 is 2.62 bits per heavy atom. The van der Waals surface area contributed by atoms with E-state index in [2.05, 4.69) is 39.5 Å². The molecule has 0 bridgehead atoms. The molecule has 2 aliphatic rings. The number of likely N-dealkylation sites (tertiary alicyclic amines) is 1. The van der Waals surface area contributed by atoms with Gasteiger partial charge in [-0.2, -0.15) is 0 Å². The van der Waals surface area contributed by atoms with Crippen molar-refractivity contribution < 1.29 is 4.79 Å². The Hall–Kier alpha value is -2.20. The van der Waals surface area contributed by atoms with Crippen LogP contribution < -0.4 is 5.32 Å². The van der Waals surface area contributed by atoms with Crippen LogP contribution in [0.3, 0.4) is 0 Å². The number of benzene rings is 1. The Morgan fingerprint density at radius 1 is 1.12 bits per heavy atom. The molecule has 0 spiro atoms. The zero-order chi connectivity index (χ0) is 17.8. The maximum absolute atomic E-state index is 12.3. The Bertz CT molecular complexity index is 721. The smallest absolute Gasteiger partial charge is 0.220 e. The van der Waals surface area contributed by atoms with Crippen molar-refractivity contribution >= 4 is 5.91 Å². The quantitative estimate of drug-likeness (QED) is 0.903. The molecule has 2 aromatic rings. The van der Waals surface area contributed by atoms with Gasteiger partial charge in [0.15, 0.2) is 0 Å². The number of carbonyl (C=O) groups excluding carboxylic acids is 1. The van der Waals surface area contributed by atoms with Crippen molar-refractivity contribution in [1.82, 2.24) is 15.2 Å². The number of piperidine rings is 1. The second-order valence-corrected chi connectivity index (χ2v) is 7.55. The first-order valence-corrected chi connectivity index (χ1v) is 9.78. The van der Waals surface area contributed by atoms with E-state index in [0.29, 0.717) is 18.9 Å². The average Bonchev–Trinajstić information content (AvgIpc) is 3.12. The molecule has 0 radical (unpaired) electrons. The molecule has 4 heteroatoms. The monoisotopic (exact) mass is 349 g/mol. The summed E-state index contributed by atoms with van der Waals surface area (Å²) >= 11 is 0. The van der Waals surface area contributed by atoms with E-state index in [1.807, 2.05) is 18.2 Å². The van der Waals surface area contributed by atoms with Crippen LogP contribution in [0.25, 0.3) is 0 Å². The van der Waals surface area contributed by atoms with E-state index in [1.54, 1.807) is 6.20 Å². The van der Waals surface area contributed by atoms with Gasteiger partial charge in [-0.3, -0.25) is 14.7 Å². The standard InChI is InChI=1S/C22H27N3O/c26-22(11-10-19-8-3-4-12-23-19)24-20-9-5-13-25(16-20)21-14-17-6-1-2-7-18(17)15-21/h1-4,6-8,12,20-21H,5,9-11,13-16H2,(H,24,26)/t20-/m0/s1. The lowest BCUT2D eigenvalue weighted by Gasteiger charge is -2.37. The Kier molecular flexibility index (Phi) is 5.30. The Balaban J connectivity index is 1.27. The fraction of sp³-hybridized carbons (Fsp3) is 0.455. The highest BCUT2D eigenvalue weighted by molar-refractivity contribution is 5.76. The number of nitrogens with one attached hydrogen (secondary N) is 1. The summed E-state index contributed by atoms with van der Waals surface area (Å²) in [7, 11) is 0. The summed E-state index contributed by atoms with van der Waals surface area (Å²) in [5, 5.41) is 3.26. The predicted molar refractivity (Wildman–Crippen MR) is 103 cm³/mol. The average molecular weight is 349 g/mol. The molecule has 4 nitrogen and oxygen atoms in total. The maximum Gasteiger partial charge on any atom is 0.220 e. The predicted octanol–water partition coefficient (Wildman–Crippen LogP) is 2.76. The summed E-state index contributed by atoms with van der Waals surface area (Å²) in [4.78, 5) is 19.2. The van der Waals surface area contributed by atoms with Crippen molar-refractivity contribution in [2.75, 3.05) is 13.1 Å². The number of amides is 1. The SMILES string of the molecule is O=C(CCc1ccccn1)N[C@H]1CCCN(C2Cc3ccccc3C2)C1. The van der Waals surface area contributed by atoms with Gasteiger partial charge in [-0.05, 0) is 61.9 Å². The minimum atomic E-state index is 0.150. The summed E-state index contributed by atoms with van der Waals surface area (Å²) in [5.74, 6) is 0.150. The van der Waals surface area contributed by atoms with Gasteiger partial charge in [-0.15, -0.1) is 0 Å². The number of pyridine rings is 1. The third-order valence-electron chi connectivity index (χ3n) is 5.70. The van der Waals surface area contributed by atoms with Crippen molar-refractivity contribution in [3.63, 3.8) is 0 Å². The van der Waals surface area contributed by atoms with Crippen LogP contribution in [-0.4, -0.2) is 41.0 Å². The van der Waals surface area contributed by atoms with Gasteiger partial charge in [-0.25, -0.2) is 0 Å². The highest BCUT2D eigenvalue weighted by Gasteiger charge is 2.30. The topological polar surface area (TPSA) is 45.2 Å². The molecule has 2 heterocycles.